The molecule has 1 aromatic carbocycles. The van der Waals surface area contributed by atoms with Crippen molar-refractivity contribution in [3.8, 4) is 0 Å². The number of amides is 1. The van der Waals surface area contributed by atoms with Crippen molar-refractivity contribution in [1.82, 2.24) is 9.80 Å². The van der Waals surface area contributed by atoms with Crippen molar-refractivity contribution >= 4 is 17.7 Å². The second-order valence-corrected chi connectivity index (χ2v) is 6.91. The zero-order valence-corrected chi connectivity index (χ0v) is 13.0. The van der Waals surface area contributed by atoms with E-state index in [0.29, 0.717) is 6.54 Å². The first-order valence-corrected chi connectivity index (χ1v) is 8.52. The average Bonchev–Trinajstić information content (AvgIpc) is 2.80. The van der Waals surface area contributed by atoms with E-state index in [-0.39, 0.29) is 17.8 Å². The van der Waals surface area contributed by atoms with Gasteiger partial charge < -0.3 is 10.0 Å². The molecule has 1 aromatic rings. The second kappa shape index (κ2) is 6.81. The molecule has 0 aliphatic carbocycles. The Morgan fingerprint density at radius 3 is 2.90 bits per heavy atom. The molecule has 2 heterocycles. The minimum Gasteiger partial charge on any atom is -0.395 e. The van der Waals surface area contributed by atoms with Crippen LogP contribution in [0.15, 0.2) is 29.2 Å². The molecule has 2 aliphatic heterocycles. The van der Waals surface area contributed by atoms with Crippen LogP contribution < -0.4 is 0 Å². The van der Waals surface area contributed by atoms with Crippen molar-refractivity contribution < 1.29 is 9.90 Å². The second-order valence-electron chi connectivity index (χ2n) is 5.66. The van der Waals surface area contributed by atoms with Gasteiger partial charge in [-0.2, -0.15) is 0 Å². The fraction of sp³-hybridized carbons (Fsp3) is 0.562. The van der Waals surface area contributed by atoms with Gasteiger partial charge in [0.25, 0.3) is 0 Å². The van der Waals surface area contributed by atoms with Gasteiger partial charge in [0.05, 0.1) is 11.9 Å². The predicted octanol–water partition coefficient (Wildman–Crippen LogP) is 1.23. The first-order valence-electron chi connectivity index (χ1n) is 7.64. The van der Waals surface area contributed by atoms with E-state index in [0.717, 1.165) is 39.0 Å². The summed E-state index contributed by atoms with van der Waals surface area (Å²) in [5.41, 5.74) is 1.30. The summed E-state index contributed by atoms with van der Waals surface area (Å²) in [7, 11) is 0. The molecule has 1 amide bonds. The van der Waals surface area contributed by atoms with Crippen LogP contribution in [0.2, 0.25) is 0 Å². The van der Waals surface area contributed by atoms with Gasteiger partial charge in [-0.05, 0) is 31.0 Å². The summed E-state index contributed by atoms with van der Waals surface area (Å²) in [4.78, 5) is 18.2. The Morgan fingerprint density at radius 2 is 2.10 bits per heavy atom. The highest BCUT2D eigenvalue weighted by Gasteiger charge is 2.31. The standard InChI is InChI=1S/C16H22N2O2S/c19-11-10-17-6-3-7-18(9-8-17)16(20)15-12-13-4-1-2-5-14(13)21-15/h1-2,4-5,15,19H,3,6-12H2. The molecule has 114 valence electrons. The third-order valence-corrected chi connectivity index (χ3v) is 5.54. The van der Waals surface area contributed by atoms with E-state index in [1.165, 1.54) is 10.5 Å². The van der Waals surface area contributed by atoms with Crippen molar-refractivity contribution in [1.29, 1.82) is 0 Å². The number of benzene rings is 1. The molecule has 0 radical (unpaired) electrons. The zero-order chi connectivity index (χ0) is 14.7. The highest BCUT2D eigenvalue weighted by molar-refractivity contribution is 8.01. The van der Waals surface area contributed by atoms with Gasteiger partial charge in [0.2, 0.25) is 5.91 Å². The number of hydrogen-bond acceptors (Lipinski definition) is 4. The van der Waals surface area contributed by atoms with Gasteiger partial charge in [-0.1, -0.05) is 18.2 Å². The third kappa shape index (κ3) is 3.42. The number of carbonyl (C=O) groups is 1. The Hall–Kier alpha value is -1.04. The summed E-state index contributed by atoms with van der Waals surface area (Å²) in [6.07, 6.45) is 1.85. The monoisotopic (exact) mass is 306 g/mol. The van der Waals surface area contributed by atoms with Gasteiger partial charge in [0.15, 0.2) is 0 Å². The molecule has 1 saturated heterocycles. The van der Waals surface area contributed by atoms with E-state index in [1.807, 2.05) is 17.0 Å². The van der Waals surface area contributed by atoms with E-state index in [1.54, 1.807) is 11.8 Å². The van der Waals surface area contributed by atoms with Gasteiger partial charge in [-0.15, -0.1) is 11.8 Å². The molecule has 5 heteroatoms. The van der Waals surface area contributed by atoms with Crippen molar-refractivity contribution in [2.24, 2.45) is 0 Å². The summed E-state index contributed by atoms with van der Waals surface area (Å²) in [6, 6.07) is 8.32. The SMILES string of the molecule is O=C(C1Cc2ccccc2S1)N1CCCN(CCO)CC1. The maximum atomic E-state index is 12.7. The Kier molecular flexibility index (Phi) is 4.83. The number of hydrogen-bond donors (Lipinski definition) is 1. The fourth-order valence-corrected chi connectivity index (χ4v) is 4.36. The van der Waals surface area contributed by atoms with Crippen molar-refractivity contribution in [3.63, 3.8) is 0 Å². The van der Waals surface area contributed by atoms with Gasteiger partial charge in [-0.3, -0.25) is 9.69 Å². The smallest absolute Gasteiger partial charge is 0.236 e. The average molecular weight is 306 g/mol. The van der Waals surface area contributed by atoms with Gasteiger partial charge in [-0.25, -0.2) is 0 Å². The molecule has 21 heavy (non-hydrogen) atoms. The Balaban J connectivity index is 1.59. The highest BCUT2D eigenvalue weighted by Crippen LogP contribution is 2.37. The molecule has 4 nitrogen and oxygen atoms in total. The van der Waals surface area contributed by atoms with E-state index < -0.39 is 0 Å². The van der Waals surface area contributed by atoms with Crippen LogP contribution >= 0.6 is 11.8 Å². The summed E-state index contributed by atoms with van der Waals surface area (Å²) < 4.78 is 0. The molecule has 1 atom stereocenters. The van der Waals surface area contributed by atoms with E-state index in [2.05, 4.69) is 17.0 Å². The number of aliphatic hydroxyl groups excluding tert-OH is 1. The quantitative estimate of drug-likeness (QED) is 0.912. The van der Waals surface area contributed by atoms with Crippen LogP contribution in [-0.2, 0) is 11.2 Å². The highest BCUT2D eigenvalue weighted by atomic mass is 32.2. The first kappa shape index (κ1) is 14.9. The molecule has 2 aliphatic rings. The number of thioether (sulfide) groups is 1. The number of aliphatic hydroxyl groups is 1. The number of carbonyl (C=O) groups excluding carboxylic acids is 1. The van der Waals surface area contributed by atoms with Crippen LogP contribution in [0.1, 0.15) is 12.0 Å². The molecule has 3 rings (SSSR count). The molecule has 1 N–H and O–H groups in total. The van der Waals surface area contributed by atoms with Crippen LogP contribution in [0, 0.1) is 0 Å². The summed E-state index contributed by atoms with van der Waals surface area (Å²) >= 11 is 1.71. The van der Waals surface area contributed by atoms with E-state index in [9.17, 15) is 4.79 Å². The summed E-state index contributed by atoms with van der Waals surface area (Å²) in [5.74, 6) is 0.280. The van der Waals surface area contributed by atoms with Crippen LogP contribution in [0.25, 0.3) is 0 Å². The van der Waals surface area contributed by atoms with Crippen LogP contribution in [0.4, 0.5) is 0 Å². The van der Waals surface area contributed by atoms with Gasteiger partial charge in [0.1, 0.15) is 0 Å². The maximum absolute atomic E-state index is 12.7. The van der Waals surface area contributed by atoms with E-state index in [4.69, 9.17) is 5.11 Å². The molecule has 0 aromatic heterocycles. The minimum atomic E-state index is 0.0480. The van der Waals surface area contributed by atoms with Crippen molar-refractivity contribution in [3.05, 3.63) is 29.8 Å². The number of β-amino-alcohol motifs (C(OH)–C–C–N with tert-alkyl or cyclic N) is 1. The zero-order valence-electron chi connectivity index (χ0n) is 12.2. The van der Waals surface area contributed by atoms with Crippen molar-refractivity contribution in [2.75, 3.05) is 39.3 Å². The lowest BCUT2D eigenvalue weighted by molar-refractivity contribution is -0.130. The minimum absolute atomic E-state index is 0.0480. The third-order valence-electron chi connectivity index (χ3n) is 4.24. The number of fused-ring (bicyclic) bond motifs is 1. The summed E-state index contributed by atoms with van der Waals surface area (Å²) in [6.45, 7) is 4.38. The maximum Gasteiger partial charge on any atom is 0.236 e. The fourth-order valence-electron chi connectivity index (χ4n) is 3.08. The van der Waals surface area contributed by atoms with Crippen LogP contribution in [0.5, 0.6) is 0 Å². The van der Waals surface area contributed by atoms with Gasteiger partial charge in [0, 0.05) is 31.1 Å². The lowest BCUT2D eigenvalue weighted by Crippen LogP contribution is -2.40. The molecule has 0 spiro atoms. The molecule has 0 bridgehead atoms. The molecule has 1 unspecified atom stereocenters. The molecule has 1 fully saturated rings. The summed E-state index contributed by atoms with van der Waals surface area (Å²) in [5, 5.41) is 9.08. The number of nitrogens with zero attached hydrogens (tertiary/aromatic N) is 2. The molecular weight excluding hydrogens is 284 g/mol. The lowest BCUT2D eigenvalue weighted by Gasteiger charge is -2.24. The van der Waals surface area contributed by atoms with Crippen LogP contribution in [0.3, 0.4) is 0 Å². The largest absolute Gasteiger partial charge is 0.395 e. The normalized spacial score (nSPS) is 22.9. The van der Waals surface area contributed by atoms with Crippen LogP contribution in [-0.4, -0.2) is 65.4 Å². The van der Waals surface area contributed by atoms with Crippen molar-refractivity contribution in [2.45, 2.75) is 23.0 Å². The van der Waals surface area contributed by atoms with Gasteiger partial charge >= 0.3 is 0 Å². The first-order chi connectivity index (χ1) is 10.3. The topological polar surface area (TPSA) is 43.8 Å². The number of rotatable bonds is 3. The lowest BCUT2D eigenvalue weighted by atomic mass is 10.1. The Morgan fingerprint density at radius 1 is 1.24 bits per heavy atom. The molecular formula is C16H22N2O2S. The predicted molar refractivity (Wildman–Crippen MR) is 84.5 cm³/mol. The molecule has 0 saturated carbocycles. The Labute approximate surface area is 130 Å². The Bertz CT molecular complexity index is 484. The van der Waals surface area contributed by atoms with E-state index >= 15 is 0 Å².